The molecule has 1 fully saturated rings. The van der Waals surface area contributed by atoms with Gasteiger partial charge in [0.25, 0.3) is 0 Å². The summed E-state index contributed by atoms with van der Waals surface area (Å²) in [5, 5.41) is 11.0. The second-order valence-electron chi connectivity index (χ2n) is 10.1. The van der Waals surface area contributed by atoms with E-state index in [1.165, 1.54) is 25.1 Å². The summed E-state index contributed by atoms with van der Waals surface area (Å²) in [6, 6.07) is 5.33. The Labute approximate surface area is 176 Å². The Morgan fingerprint density at radius 3 is 2.10 bits per heavy atom. The van der Waals surface area contributed by atoms with Crippen molar-refractivity contribution in [3.05, 3.63) is 35.6 Å². The van der Waals surface area contributed by atoms with E-state index in [0.29, 0.717) is 0 Å². The van der Waals surface area contributed by atoms with E-state index in [-0.39, 0.29) is 5.56 Å². The molecule has 0 aliphatic heterocycles. The Balaban J connectivity index is 2.64. The topological polar surface area (TPSA) is 89.9 Å². The molecule has 1 aromatic rings. The van der Waals surface area contributed by atoms with Crippen LogP contribution in [0.4, 0.5) is 4.39 Å². The van der Waals surface area contributed by atoms with Crippen molar-refractivity contribution in [3.8, 4) is 0 Å². The molecule has 0 bridgehead atoms. The van der Waals surface area contributed by atoms with Gasteiger partial charge in [0, 0.05) is 12.3 Å². The fourth-order valence-corrected chi connectivity index (χ4v) is 3.86. The summed E-state index contributed by atoms with van der Waals surface area (Å²) in [7, 11) is 0. The summed E-state index contributed by atoms with van der Waals surface area (Å²) >= 11 is 0. The number of hydrogen-bond donors (Lipinski definition) is 1. The zero-order valence-corrected chi connectivity index (χ0v) is 18.6. The Kier molecular flexibility index (Phi) is 6.48. The molecule has 0 saturated heterocycles. The minimum atomic E-state index is -1.78. The van der Waals surface area contributed by atoms with Gasteiger partial charge in [0.05, 0.1) is 11.5 Å². The highest BCUT2D eigenvalue weighted by Crippen LogP contribution is 2.47. The number of halogens is 1. The van der Waals surface area contributed by atoms with Gasteiger partial charge < -0.3 is 14.6 Å². The van der Waals surface area contributed by atoms with Gasteiger partial charge in [0.2, 0.25) is 0 Å². The van der Waals surface area contributed by atoms with Gasteiger partial charge in [-0.1, -0.05) is 12.1 Å². The van der Waals surface area contributed by atoms with Gasteiger partial charge in [-0.3, -0.25) is 14.4 Å². The molecule has 0 spiro atoms. The van der Waals surface area contributed by atoms with E-state index in [1.54, 1.807) is 41.5 Å². The molecule has 6 nitrogen and oxygen atoms in total. The molecular formula is C23H31FO6. The van der Waals surface area contributed by atoms with Gasteiger partial charge in [0.1, 0.15) is 22.9 Å². The van der Waals surface area contributed by atoms with Crippen LogP contribution < -0.4 is 0 Å². The van der Waals surface area contributed by atoms with Crippen LogP contribution in [-0.4, -0.2) is 39.6 Å². The summed E-state index contributed by atoms with van der Waals surface area (Å²) in [6.45, 7) is 11.4. The van der Waals surface area contributed by atoms with Crippen molar-refractivity contribution in [2.75, 3.05) is 0 Å². The highest BCUT2D eigenvalue weighted by atomic mass is 19.1. The molecule has 1 aromatic carbocycles. The number of benzene rings is 1. The Bertz CT molecular complexity index is 831. The van der Waals surface area contributed by atoms with Gasteiger partial charge in [0.15, 0.2) is 5.78 Å². The van der Waals surface area contributed by atoms with Crippen molar-refractivity contribution in [3.63, 3.8) is 0 Å². The van der Waals surface area contributed by atoms with Crippen LogP contribution in [0.15, 0.2) is 24.3 Å². The van der Waals surface area contributed by atoms with Crippen LogP contribution in [0.3, 0.4) is 0 Å². The van der Waals surface area contributed by atoms with Crippen LogP contribution >= 0.6 is 0 Å². The van der Waals surface area contributed by atoms with Crippen LogP contribution in [0.1, 0.15) is 66.4 Å². The lowest BCUT2D eigenvalue weighted by Crippen LogP contribution is -2.56. The average molecular weight is 422 g/mol. The van der Waals surface area contributed by atoms with Crippen LogP contribution in [0, 0.1) is 17.7 Å². The molecule has 1 N–H and O–H groups in total. The molecule has 7 heteroatoms. The normalized spacial score (nSPS) is 27.5. The van der Waals surface area contributed by atoms with Crippen LogP contribution in [-0.2, 0) is 23.9 Å². The molecule has 166 valence electrons. The number of carbonyl (C=O) groups excluding carboxylic acids is 3. The Morgan fingerprint density at radius 1 is 1.07 bits per heavy atom. The number of Topliss-reactive ketones (excluding diaryl/α,β-unsaturated/α-hetero) is 1. The minimum absolute atomic E-state index is 0.245. The van der Waals surface area contributed by atoms with Gasteiger partial charge >= 0.3 is 11.9 Å². The zero-order chi connectivity index (χ0) is 23.1. The molecule has 0 aromatic heterocycles. The van der Waals surface area contributed by atoms with E-state index in [1.807, 2.05) is 0 Å². The molecule has 1 aliphatic carbocycles. The average Bonchev–Trinajstić information content (AvgIpc) is 2.49. The van der Waals surface area contributed by atoms with Crippen LogP contribution in [0.2, 0.25) is 0 Å². The van der Waals surface area contributed by atoms with Crippen molar-refractivity contribution in [1.82, 2.24) is 0 Å². The Morgan fingerprint density at radius 2 is 1.60 bits per heavy atom. The molecule has 0 amide bonds. The molecule has 0 heterocycles. The van der Waals surface area contributed by atoms with E-state index in [0.717, 1.165) is 6.07 Å². The predicted molar refractivity (Wildman–Crippen MR) is 108 cm³/mol. The number of ether oxygens (including phenoxy) is 2. The summed E-state index contributed by atoms with van der Waals surface area (Å²) in [4.78, 5) is 39.1. The molecule has 4 atom stereocenters. The SMILES string of the molecule is CC(C)(C)OC(=O)[C@@H]1C(=O)C[C@@](C)(O)[C@H](C(=O)OC(C)(C)C)[C@H]1c1cccc(F)c1. The van der Waals surface area contributed by atoms with Crippen molar-refractivity contribution in [2.24, 2.45) is 11.8 Å². The summed E-state index contributed by atoms with van der Waals surface area (Å²) in [5.41, 5.74) is -3.27. The fraction of sp³-hybridized carbons (Fsp3) is 0.609. The summed E-state index contributed by atoms with van der Waals surface area (Å²) in [5.74, 6) is -6.51. The fourth-order valence-electron chi connectivity index (χ4n) is 3.86. The van der Waals surface area contributed by atoms with Gasteiger partial charge in [-0.25, -0.2) is 4.39 Å². The van der Waals surface area contributed by atoms with Crippen molar-refractivity contribution in [2.45, 2.75) is 77.6 Å². The first-order chi connectivity index (χ1) is 13.5. The molecular weight excluding hydrogens is 391 g/mol. The maximum absolute atomic E-state index is 14.0. The number of esters is 2. The molecule has 1 aliphatic rings. The van der Waals surface area contributed by atoms with Crippen molar-refractivity contribution >= 4 is 17.7 Å². The van der Waals surface area contributed by atoms with Gasteiger partial charge in [-0.2, -0.15) is 0 Å². The molecule has 2 rings (SSSR count). The summed E-state index contributed by atoms with van der Waals surface area (Å²) in [6.07, 6.45) is -0.424. The molecule has 1 saturated carbocycles. The smallest absolute Gasteiger partial charge is 0.317 e. The Hall–Kier alpha value is -2.28. The minimum Gasteiger partial charge on any atom is -0.460 e. The third-order valence-corrected chi connectivity index (χ3v) is 4.82. The third kappa shape index (κ3) is 5.65. The third-order valence-electron chi connectivity index (χ3n) is 4.82. The number of ketones is 1. The first kappa shape index (κ1) is 24.0. The van der Waals surface area contributed by atoms with E-state index in [2.05, 4.69) is 0 Å². The maximum atomic E-state index is 14.0. The number of rotatable bonds is 3. The first-order valence-corrected chi connectivity index (χ1v) is 9.98. The quantitative estimate of drug-likeness (QED) is 0.592. The van der Waals surface area contributed by atoms with E-state index >= 15 is 0 Å². The molecule has 0 unspecified atom stereocenters. The molecule has 30 heavy (non-hydrogen) atoms. The van der Waals surface area contributed by atoms with E-state index in [9.17, 15) is 23.9 Å². The number of carbonyl (C=O) groups is 3. The van der Waals surface area contributed by atoms with Crippen LogP contribution in [0.25, 0.3) is 0 Å². The second-order valence-corrected chi connectivity index (χ2v) is 10.1. The first-order valence-electron chi connectivity index (χ1n) is 9.98. The molecule has 0 radical (unpaired) electrons. The number of hydrogen-bond acceptors (Lipinski definition) is 6. The lowest BCUT2D eigenvalue weighted by molar-refractivity contribution is -0.182. The highest BCUT2D eigenvalue weighted by Gasteiger charge is 2.57. The standard InChI is InChI=1S/C23H31FO6/c1-21(2,3)29-19(26)17-15(25)12-23(7,28)18(20(27)30-22(4,5)6)16(17)13-9-8-10-14(24)11-13/h8-11,16-18,28H,12H2,1-7H3/t16-,17+,18-,23+/m0/s1. The maximum Gasteiger partial charge on any atom is 0.317 e. The van der Waals surface area contributed by atoms with Gasteiger partial charge in [-0.15, -0.1) is 0 Å². The van der Waals surface area contributed by atoms with E-state index < -0.39 is 64.5 Å². The lowest BCUT2D eigenvalue weighted by atomic mass is 9.61. The van der Waals surface area contributed by atoms with Crippen molar-refractivity contribution in [1.29, 1.82) is 0 Å². The van der Waals surface area contributed by atoms with Crippen molar-refractivity contribution < 1.29 is 33.4 Å². The highest BCUT2D eigenvalue weighted by molar-refractivity contribution is 6.03. The monoisotopic (exact) mass is 422 g/mol. The van der Waals surface area contributed by atoms with E-state index in [4.69, 9.17) is 9.47 Å². The number of aliphatic hydroxyl groups is 1. The largest absolute Gasteiger partial charge is 0.460 e. The lowest BCUT2D eigenvalue weighted by Gasteiger charge is -2.44. The predicted octanol–water partition coefficient (Wildman–Crippen LogP) is 3.55. The second kappa shape index (κ2) is 8.10. The van der Waals surface area contributed by atoms with Gasteiger partial charge in [-0.05, 0) is 66.2 Å². The zero-order valence-electron chi connectivity index (χ0n) is 18.6. The van der Waals surface area contributed by atoms with Crippen LogP contribution in [0.5, 0.6) is 0 Å². The summed E-state index contributed by atoms with van der Waals surface area (Å²) < 4.78 is 25.0.